The van der Waals surface area contributed by atoms with Crippen LogP contribution in [0.4, 0.5) is 0 Å². The van der Waals surface area contributed by atoms with Crippen LogP contribution in [0, 0.1) is 5.41 Å². The number of fused-ring (bicyclic) bond motifs is 1. The summed E-state index contributed by atoms with van der Waals surface area (Å²) in [5.41, 5.74) is 2.58. The van der Waals surface area contributed by atoms with Gasteiger partial charge >= 0.3 is 5.97 Å². The Labute approximate surface area is 144 Å². The van der Waals surface area contributed by atoms with Gasteiger partial charge in [-0.15, -0.1) is 5.10 Å². The number of benzene rings is 1. The highest BCUT2D eigenvalue weighted by molar-refractivity contribution is 5.83. The minimum atomic E-state index is -0.195. The molecule has 2 fully saturated rings. The van der Waals surface area contributed by atoms with E-state index in [4.69, 9.17) is 4.74 Å². The number of cyclic esters (lactones) is 1. The van der Waals surface area contributed by atoms with Crippen LogP contribution in [0.3, 0.4) is 0 Å². The van der Waals surface area contributed by atoms with Gasteiger partial charge in [-0.3, -0.25) is 9.78 Å². The first-order valence-corrected chi connectivity index (χ1v) is 8.68. The molecule has 25 heavy (non-hydrogen) atoms. The second-order valence-electron chi connectivity index (χ2n) is 7.10. The zero-order valence-electron chi connectivity index (χ0n) is 13.8. The van der Waals surface area contributed by atoms with Crippen LogP contribution in [0.15, 0.2) is 42.7 Å². The molecule has 1 aliphatic carbocycles. The zero-order chi connectivity index (χ0) is 16.9. The summed E-state index contributed by atoms with van der Waals surface area (Å²) in [6.45, 7) is 0.565. The summed E-state index contributed by atoms with van der Waals surface area (Å²) in [7, 11) is 0. The van der Waals surface area contributed by atoms with Crippen molar-refractivity contribution in [2.45, 2.75) is 38.3 Å². The van der Waals surface area contributed by atoms with Gasteiger partial charge < -0.3 is 4.74 Å². The van der Waals surface area contributed by atoms with Crippen molar-refractivity contribution in [3.8, 4) is 11.3 Å². The molecule has 3 aromatic rings. The summed E-state index contributed by atoms with van der Waals surface area (Å²) in [5, 5.41) is 9.56. The van der Waals surface area contributed by atoms with Crippen LogP contribution in [0.2, 0.25) is 0 Å². The van der Waals surface area contributed by atoms with Gasteiger partial charge in [-0.1, -0.05) is 23.8 Å². The van der Waals surface area contributed by atoms with Crippen molar-refractivity contribution in [3.63, 3.8) is 0 Å². The van der Waals surface area contributed by atoms with E-state index in [1.807, 2.05) is 30.5 Å². The largest absolute Gasteiger partial charge is 0.460 e. The molecule has 0 amide bonds. The molecule has 1 aliphatic heterocycles. The number of hydrogen-bond acceptors (Lipinski definition) is 5. The van der Waals surface area contributed by atoms with E-state index in [1.54, 1.807) is 10.9 Å². The van der Waals surface area contributed by atoms with E-state index in [2.05, 4.69) is 21.4 Å². The van der Waals surface area contributed by atoms with E-state index in [9.17, 15) is 4.79 Å². The number of carbonyl (C=O) groups excluding carboxylic acids is 1. The standard InChI is InChI=1S/C19H18N4O2/c24-18-19(6-2-7-19)10-15(25-18)11-23-12-17(21-22-23)14-4-5-16-13(9-14)3-1-8-20-16/h1,3-5,8-9,12,15H,2,6-7,10-11H2. The number of carbonyl (C=O) groups is 1. The molecule has 1 saturated heterocycles. The molecule has 6 heteroatoms. The molecular formula is C19H18N4O2. The maximum atomic E-state index is 12.1. The molecule has 126 valence electrons. The highest BCUT2D eigenvalue weighted by Crippen LogP contribution is 2.50. The zero-order valence-corrected chi connectivity index (χ0v) is 13.8. The summed E-state index contributed by atoms with van der Waals surface area (Å²) in [4.78, 5) is 16.4. The predicted molar refractivity (Wildman–Crippen MR) is 91.5 cm³/mol. The lowest BCUT2D eigenvalue weighted by molar-refractivity contribution is -0.152. The van der Waals surface area contributed by atoms with Crippen molar-refractivity contribution in [2.75, 3.05) is 0 Å². The Balaban J connectivity index is 1.35. The van der Waals surface area contributed by atoms with E-state index in [0.29, 0.717) is 6.54 Å². The van der Waals surface area contributed by atoms with Gasteiger partial charge in [0.25, 0.3) is 0 Å². The molecule has 1 atom stereocenters. The Bertz CT molecular complexity index is 961. The van der Waals surface area contributed by atoms with Gasteiger partial charge in [0.1, 0.15) is 11.8 Å². The predicted octanol–water partition coefficient (Wildman–Crippen LogP) is 2.98. The first-order valence-electron chi connectivity index (χ1n) is 8.68. The summed E-state index contributed by atoms with van der Waals surface area (Å²) < 4.78 is 7.34. The summed E-state index contributed by atoms with van der Waals surface area (Å²) in [6, 6.07) is 10.0. The second kappa shape index (κ2) is 5.37. The first kappa shape index (κ1) is 14.6. The van der Waals surface area contributed by atoms with E-state index >= 15 is 0 Å². The lowest BCUT2D eigenvalue weighted by Crippen LogP contribution is -2.33. The molecule has 2 aliphatic rings. The number of esters is 1. The number of hydrogen-bond donors (Lipinski definition) is 0. The highest BCUT2D eigenvalue weighted by Gasteiger charge is 2.52. The molecule has 2 aromatic heterocycles. The van der Waals surface area contributed by atoms with E-state index < -0.39 is 0 Å². The van der Waals surface area contributed by atoms with Crippen molar-refractivity contribution in [1.29, 1.82) is 0 Å². The van der Waals surface area contributed by atoms with Crippen molar-refractivity contribution >= 4 is 16.9 Å². The third kappa shape index (κ3) is 2.40. The Hall–Kier alpha value is -2.76. The fourth-order valence-corrected chi connectivity index (χ4v) is 3.91. The number of aromatic nitrogens is 4. The Morgan fingerprint density at radius 2 is 2.20 bits per heavy atom. The number of nitrogens with zero attached hydrogens (tertiary/aromatic N) is 4. The molecule has 0 radical (unpaired) electrons. The van der Waals surface area contributed by atoms with Gasteiger partial charge in [-0.25, -0.2) is 4.68 Å². The minimum Gasteiger partial charge on any atom is -0.460 e. The van der Waals surface area contributed by atoms with Crippen molar-refractivity contribution in [1.82, 2.24) is 20.0 Å². The molecule has 5 rings (SSSR count). The SMILES string of the molecule is O=C1OC(Cn2cc(-c3ccc4ncccc4c3)nn2)CC12CCC2. The van der Waals surface area contributed by atoms with Crippen molar-refractivity contribution in [2.24, 2.45) is 5.41 Å². The van der Waals surface area contributed by atoms with Crippen LogP contribution < -0.4 is 0 Å². The van der Waals surface area contributed by atoms with Crippen LogP contribution >= 0.6 is 0 Å². The van der Waals surface area contributed by atoms with Crippen LogP contribution in [-0.2, 0) is 16.1 Å². The Morgan fingerprint density at radius 3 is 3.00 bits per heavy atom. The average molecular weight is 334 g/mol. The summed E-state index contributed by atoms with van der Waals surface area (Å²) in [6.07, 6.45) is 7.48. The maximum absolute atomic E-state index is 12.1. The third-order valence-electron chi connectivity index (χ3n) is 5.46. The number of ether oxygens (including phenoxy) is 1. The summed E-state index contributed by atoms with van der Waals surface area (Å²) >= 11 is 0. The van der Waals surface area contributed by atoms with Crippen molar-refractivity contribution < 1.29 is 9.53 Å². The van der Waals surface area contributed by atoms with E-state index in [1.165, 1.54) is 0 Å². The average Bonchev–Trinajstić information content (AvgIpc) is 3.19. The molecule has 1 spiro atoms. The van der Waals surface area contributed by atoms with Crippen LogP contribution in [0.5, 0.6) is 0 Å². The smallest absolute Gasteiger partial charge is 0.312 e. The molecular weight excluding hydrogens is 316 g/mol. The van der Waals surface area contributed by atoms with E-state index in [-0.39, 0.29) is 17.5 Å². The fraction of sp³-hybridized carbons (Fsp3) is 0.368. The van der Waals surface area contributed by atoms with Gasteiger partial charge in [0.15, 0.2) is 0 Å². The molecule has 1 saturated carbocycles. The normalized spacial score (nSPS) is 21.4. The van der Waals surface area contributed by atoms with Crippen LogP contribution in [-0.4, -0.2) is 32.1 Å². The van der Waals surface area contributed by atoms with Gasteiger partial charge in [0.05, 0.1) is 23.7 Å². The number of pyridine rings is 1. The van der Waals surface area contributed by atoms with Gasteiger partial charge in [-0.2, -0.15) is 0 Å². The Kier molecular flexibility index (Phi) is 3.13. The second-order valence-corrected chi connectivity index (χ2v) is 7.10. The highest BCUT2D eigenvalue weighted by atomic mass is 16.6. The fourth-order valence-electron chi connectivity index (χ4n) is 3.91. The summed E-state index contributed by atoms with van der Waals surface area (Å²) in [5.74, 6) is -0.0221. The molecule has 1 aromatic carbocycles. The molecule has 3 heterocycles. The first-order chi connectivity index (χ1) is 12.2. The molecule has 1 unspecified atom stereocenters. The monoisotopic (exact) mass is 334 g/mol. The van der Waals surface area contributed by atoms with Crippen LogP contribution in [0.1, 0.15) is 25.7 Å². The lowest BCUT2D eigenvalue weighted by Gasteiger charge is -2.33. The maximum Gasteiger partial charge on any atom is 0.312 e. The Morgan fingerprint density at radius 1 is 1.28 bits per heavy atom. The van der Waals surface area contributed by atoms with Crippen molar-refractivity contribution in [3.05, 3.63) is 42.7 Å². The van der Waals surface area contributed by atoms with Crippen LogP contribution in [0.25, 0.3) is 22.2 Å². The molecule has 0 N–H and O–H groups in total. The quantitative estimate of drug-likeness (QED) is 0.689. The van der Waals surface area contributed by atoms with Gasteiger partial charge in [-0.05, 0) is 31.0 Å². The third-order valence-corrected chi connectivity index (χ3v) is 5.46. The number of rotatable bonds is 3. The molecule has 0 bridgehead atoms. The molecule has 6 nitrogen and oxygen atoms in total. The van der Waals surface area contributed by atoms with Gasteiger partial charge in [0, 0.05) is 23.6 Å². The minimum absolute atomic E-state index is 0.0221. The topological polar surface area (TPSA) is 69.9 Å². The lowest BCUT2D eigenvalue weighted by atomic mass is 9.67. The van der Waals surface area contributed by atoms with E-state index in [0.717, 1.165) is 47.8 Å². The van der Waals surface area contributed by atoms with Gasteiger partial charge in [0.2, 0.25) is 0 Å².